The number of nitrogens with one attached hydrogen (secondary N) is 1. The molecule has 7 heteroatoms. The maximum absolute atomic E-state index is 8.78. The van der Waals surface area contributed by atoms with E-state index in [-0.39, 0.29) is 5.92 Å². The summed E-state index contributed by atoms with van der Waals surface area (Å²) in [6.07, 6.45) is 2.73. The predicted molar refractivity (Wildman–Crippen MR) is 89.2 cm³/mol. The Bertz CT molecular complexity index is 703. The van der Waals surface area contributed by atoms with Gasteiger partial charge in [-0.2, -0.15) is 10.2 Å². The third-order valence-corrected chi connectivity index (χ3v) is 4.18. The number of nitriles is 1. The summed E-state index contributed by atoms with van der Waals surface area (Å²) in [7, 11) is 0. The van der Waals surface area contributed by atoms with Crippen LogP contribution in [0.1, 0.15) is 43.5 Å². The van der Waals surface area contributed by atoms with E-state index in [0.717, 1.165) is 44.2 Å². The van der Waals surface area contributed by atoms with E-state index in [1.165, 1.54) is 0 Å². The third kappa shape index (κ3) is 4.09. The topological polar surface area (TPSA) is 90.9 Å². The molecule has 0 bridgehead atoms. The van der Waals surface area contributed by atoms with Crippen LogP contribution in [0.2, 0.25) is 0 Å². The van der Waals surface area contributed by atoms with Crippen LogP contribution < -0.4 is 5.32 Å². The van der Waals surface area contributed by atoms with Crippen molar-refractivity contribution in [1.82, 2.24) is 20.0 Å². The summed E-state index contributed by atoms with van der Waals surface area (Å²) in [5.41, 5.74) is 0.577. The van der Waals surface area contributed by atoms with Crippen molar-refractivity contribution in [3.63, 3.8) is 0 Å². The maximum Gasteiger partial charge on any atom is 0.229 e. The number of anilines is 1. The van der Waals surface area contributed by atoms with Gasteiger partial charge in [-0.25, -0.2) is 4.98 Å². The average Bonchev–Trinajstić information content (AvgIpc) is 3.23. The van der Waals surface area contributed by atoms with Gasteiger partial charge in [-0.1, -0.05) is 19.0 Å². The van der Waals surface area contributed by atoms with Crippen LogP contribution in [-0.4, -0.2) is 39.7 Å². The zero-order valence-corrected chi connectivity index (χ0v) is 14.1. The first kappa shape index (κ1) is 16.4. The van der Waals surface area contributed by atoms with Crippen LogP contribution in [-0.2, 0) is 6.54 Å². The second-order valence-corrected chi connectivity index (χ2v) is 6.52. The number of rotatable bonds is 6. The van der Waals surface area contributed by atoms with Gasteiger partial charge in [-0.05, 0) is 31.0 Å². The molecule has 1 N–H and O–H groups in total. The standard InChI is InChI=1S/C17H22N6O/c1-12(2)17-21-16(22-24-17)11-23-6-5-14(10-23)9-20-15-4-3-13(7-18)8-19-15/h3-4,8,12,14H,5-6,9-11H2,1-2H3,(H,19,20). The molecule has 1 fully saturated rings. The first-order valence-electron chi connectivity index (χ1n) is 8.29. The van der Waals surface area contributed by atoms with Crippen molar-refractivity contribution in [2.45, 2.75) is 32.7 Å². The van der Waals surface area contributed by atoms with E-state index in [4.69, 9.17) is 9.78 Å². The Hall–Kier alpha value is -2.46. The molecule has 0 aliphatic carbocycles. The van der Waals surface area contributed by atoms with E-state index in [0.29, 0.717) is 17.4 Å². The first-order valence-corrected chi connectivity index (χ1v) is 8.29. The highest BCUT2D eigenvalue weighted by Gasteiger charge is 2.24. The number of hydrogen-bond acceptors (Lipinski definition) is 7. The Balaban J connectivity index is 1.45. The summed E-state index contributed by atoms with van der Waals surface area (Å²) < 4.78 is 5.26. The highest BCUT2D eigenvalue weighted by molar-refractivity contribution is 5.38. The first-order chi connectivity index (χ1) is 11.6. The van der Waals surface area contributed by atoms with Gasteiger partial charge in [0.15, 0.2) is 5.82 Å². The second-order valence-electron chi connectivity index (χ2n) is 6.52. The fourth-order valence-corrected chi connectivity index (χ4v) is 2.80. The van der Waals surface area contributed by atoms with Crippen LogP contribution in [0.3, 0.4) is 0 Å². The van der Waals surface area contributed by atoms with Gasteiger partial charge in [0.2, 0.25) is 5.89 Å². The van der Waals surface area contributed by atoms with Gasteiger partial charge in [-0.3, -0.25) is 4.90 Å². The van der Waals surface area contributed by atoms with Gasteiger partial charge >= 0.3 is 0 Å². The average molecular weight is 326 g/mol. The highest BCUT2D eigenvalue weighted by atomic mass is 16.5. The van der Waals surface area contributed by atoms with E-state index >= 15 is 0 Å². The van der Waals surface area contributed by atoms with Crippen LogP contribution in [0.5, 0.6) is 0 Å². The zero-order chi connectivity index (χ0) is 16.9. The molecule has 0 amide bonds. The molecular weight excluding hydrogens is 304 g/mol. The molecule has 3 heterocycles. The molecule has 0 saturated carbocycles. The lowest BCUT2D eigenvalue weighted by atomic mass is 10.1. The van der Waals surface area contributed by atoms with Crippen molar-refractivity contribution in [3.8, 4) is 6.07 Å². The van der Waals surface area contributed by atoms with Crippen molar-refractivity contribution in [2.75, 3.05) is 25.0 Å². The number of aromatic nitrogens is 3. The van der Waals surface area contributed by atoms with Crippen LogP contribution in [0.15, 0.2) is 22.9 Å². The molecule has 24 heavy (non-hydrogen) atoms. The van der Waals surface area contributed by atoms with Crippen molar-refractivity contribution in [2.24, 2.45) is 5.92 Å². The number of hydrogen-bond donors (Lipinski definition) is 1. The minimum atomic E-state index is 0.265. The molecule has 1 saturated heterocycles. The molecule has 2 aromatic heterocycles. The van der Waals surface area contributed by atoms with Crippen molar-refractivity contribution < 1.29 is 4.52 Å². The SMILES string of the molecule is CC(C)c1nc(CN2CCC(CNc3ccc(C#N)cn3)C2)no1. The van der Waals surface area contributed by atoms with Gasteiger partial charge < -0.3 is 9.84 Å². The Morgan fingerprint density at radius 2 is 2.33 bits per heavy atom. The van der Waals surface area contributed by atoms with Gasteiger partial charge in [0.1, 0.15) is 11.9 Å². The van der Waals surface area contributed by atoms with Crippen molar-refractivity contribution in [3.05, 3.63) is 35.6 Å². The van der Waals surface area contributed by atoms with E-state index < -0.39 is 0 Å². The van der Waals surface area contributed by atoms with Crippen molar-refractivity contribution in [1.29, 1.82) is 5.26 Å². The summed E-state index contributed by atoms with van der Waals surface area (Å²) in [6.45, 7) is 7.76. The molecule has 1 unspecified atom stereocenters. The van der Waals surface area contributed by atoms with E-state index in [9.17, 15) is 0 Å². The number of nitrogens with zero attached hydrogens (tertiary/aromatic N) is 5. The molecule has 7 nitrogen and oxygen atoms in total. The lowest BCUT2D eigenvalue weighted by molar-refractivity contribution is 0.299. The minimum Gasteiger partial charge on any atom is -0.370 e. The maximum atomic E-state index is 8.78. The van der Waals surface area contributed by atoms with Gasteiger partial charge in [0.25, 0.3) is 0 Å². The minimum absolute atomic E-state index is 0.265. The molecule has 1 aliphatic heterocycles. The highest BCUT2D eigenvalue weighted by Crippen LogP contribution is 2.19. The lowest BCUT2D eigenvalue weighted by Crippen LogP contribution is -2.23. The zero-order valence-electron chi connectivity index (χ0n) is 14.1. The predicted octanol–water partition coefficient (Wildman–Crippen LogP) is 2.39. The lowest BCUT2D eigenvalue weighted by Gasteiger charge is -2.14. The van der Waals surface area contributed by atoms with Crippen LogP contribution in [0.4, 0.5) is 5.82 Å². The Labute approximate surface area is 141 Å². The molecule has 0 aromatic carbocycles. The normalized spacial score (nSPS) is 18.0. The Morgan fingerprint density at radius 1 is 1.46 bits per heavy atom. The Kier molecular flexibility index (Phi) is 5.06. The fraction of sp³-hybridized carbons (Fsp3) is 0.529. The number of pyridine rings is 1. The summed E-state index contributed by atoms with van der Waals surface area (Å²) in [5.74, 6) is 3.11. The molecule has 3 rings (SSSR count). The quantitative estimate of drug-likeness (QED) is 0.871. The van der Waals surface area contributed by atoms with Gasteiger partial charge in [0, 0.05) is 25.2 Å². The van der Waals surface area contributed by atoms with Crippen LogP contribution in [0.25, 0.3) is 0 Å². The fourth-order valence-electron chi connectivity index (χ4n) is 2.80. The van der Waals surface area contributed by atoms with Gasteiger partial charge in [-0.15, -0.1) is 0 Å². The Morgan fingerprint density at radius 3 is 3.00 bits per heavy atom. The number of likely N-dealkylation sites (tertiary alicyclic amines) is 1. The van der Waals surface area contributed by atoms with E-state index in [1.54, 1.807) is 12.3 Å². The van der Waals surface area contributed by atoms with Gasteiger partial charge in [0.05, 0.1) is 12.1 Å². The largest absolute Gasteiger partial charge is 0.370 e. The molecule has 2 aromatic rings. The smallest absolute Gasteiger partial charge is 0.229 e. The summed E-state index contributed by atoms with van der Waals surface area (Å²) in [5, 5.41) is 16.2. The van der Waals surface area contributed by atoms with Crippen LogP contribution in [0, 0.1) is 17.2 Å². The molecule has 0 spiro atoms. The monoisotopic (exact) mass is 326 g/mol. The second kappa shape index (κ2) is 7.41. The molecule has 0 radical (unpaired) electrons. The van der Waals surface area contributed by atoms with Crippen LogP contribution >= 0.6 is 0 Å². The van der Waals surface area contributed by atoms with E-state index in [2.05, 4.69) is 31.4 Å². The molecule has 1 aliphatic rings. The molecule has 126 valence electrons. The van der Waals surface area contributed by atoms with Crippen molar-refractivity contribution >= 4 is 5.82 Å². The summed E-state index contributed by atoms with van der Waals surface area (Å²) in [6, 6.07) is 5.69. The van der Waals surface area contributed by atoms with E-state index in [1.807, 2.05) is 19.9 Å². The molecule has 1 atom stereocenters. The summed E-state index contributed by atoms with van der Waals surface area (Å²) >= 11 is 0. The summed E-state index contributed by atoms with van der Waals surface area (Å²) in [4.78, 5) is 11.0. The molecular formula is C17H22N6O. The third-order valence-electron chi connectivity index (χ3n) is 4.18.